The summed E-state index contributed by atoms with van der Waals surface area (Å²) in [5, 5.41) is 17.4. The molecule has 0 radical (unpaired) electrons. The molecule has 0 saturated carbocycles. The monoisotopic (exact) mass is 247 g/mol. The van der Waals surface area contributed by atoms with Crippen molar-refractivity contribution in [1.29, 1.82) is 0 Å². The Hall–Kier alpha value is -0.220. The second kappa shape index (κ2) is 4.53. The zero-order valence-corrected chi connectivity index (χ0v) is 9.42. The lowest BCUT2D eigenvalue weighted by atomic mass is 10.4. The van der Waals surface area contributed by atoms with Crippen molar-refractivity contribution in [3.8, 4) is 0 Å². The van der Waals surface area contributed by atoms with Gasteiger partial charge < -0.3 is 10.2 Å². The summed E-state index contributed by atoms with van der Waals surface area (Å²) >= 11 is 0. The first-order valence-corrected chi connectivity index (χ1v) is 7.25. The Bertz CT molecular complexity index is 339. The summed E-state index contributed by atoms with van der Waals surface area (Å²) in [6.07, 6.45) is -0.00419. The number of sulfonamides is 2. The predicted octanol–water partition coefficient (Wildman–Crippen LogP) is -2.44. The van der Waals surface area contributed by atoms with E-state index in [9.17, 15) is 16.8 Å². The molecule has 0 aliphatic heterocycles. The van der Waals surface area contributed by atoms with E-state index in [1.807, 2.05) is 0 Å². The third-order valence-electron chi connectivity index (χ3n) is 1.31. The van der Waals surface area contributed by atoms with Crippen LogP contribution < -0.4 is 0 Å². The summed E-state index contributed by atoms with van der Waals surface area (Å²) in [5.41, 5.74) is 0. The SMILES string of the molecule is CS(=O)(=O)N(CC(O)CO)S(C)(=O)=O. The lowest BCUT2D eigenvalue weighted by molar-refractivity contribution is 0.0892. The number of hydrogen-bond donors (Lipinski definition) is 2. The number of aliphatic hydroxyl groups is 2. The molecule has 0 spiro atoms. The van der Waals surface area contributed by atoms with Gasteiger partial charge in [0.2, 0.25) is 20.0 Å². The predicted molar refractivity (Wildman–Crippen MR) is 49.5 cm³/mol. The lowest BCUT2D eigenvalue weighted by Crippen LogP contribution is -2.41. The quantitative estimate of drug-likeness (QED) is 0.558. The maximum atomic E-state index is 11.0. The highest BCUT2D eigenvalue weighted by molar-refractivity contribution is 8.03. The zero-order chi connectivity index (χ0) is 11.6. The highest BCUT2D eigenvalue weighted by atomic mass is 32.3. The van der Waals surface area contributed by atoms with Crippen molar-refractivity contribution in [3.63, 3.8) is 0 Å². The maximum absolute atomic E-state index is 11.0. The molecule has 0 aliphatic rings. The van der Waals surface area contributed by atoms with Gasteiger partial charge in [-0.15, -0.1) is 0 Å². The summed E-state index contributed by atoms with van der Waals surface area (Å²) in [5.74, 6) is 0. The molecular formula is C5H13NO6S2. The van der Waals surface area contributed by atoms with Crippen molar-refractivity contribution in [2.75, 3.05) is 25.7 Å². The fourth-order valence-corrected chi connectivity index (χ4v) is 3.60. The Morgan fingerprint density at radius 1 is 1.14 bits per heavy atom. The fraction of sp³-hybridized carbons (Fsp3) is 1.00. The normalized spacial score (nSPS) is 15.8. The van der Waals surface area contributed by atoms with Crippen LogP contribution in [0.3, 0.4) is 0 Å². The minimum atomic E-state index is -3.95. The standard InChI is InChI=1S/C5H13NO6S2/c1-13(9,10)6(14(2,11)12)3-5(8)4-7/h5,7-8H,3-4H2,1-2H3. The van der Waals surface area contributed by atoms with Crippen molar-refractivity contribution in [2.45, 2.75) is 6.10 Å². The molecule has 0 rings (SSSR count). The summed E-state index contributed by atoms with van der Waals surface area (Å²) in [4.78, 5) is 0. The molecule has 86 valence electrons. The van der Waals surface area contributed by atoms with Gasteiger partial charge in [0.15, 0.2) is 0 Å². The van der Waals surface area contributed by atoms with Gasteiger partial charge >= 0.3 is 0 Å². The van der Waals surface area contributed by atoms with Crippen molar-refractivity contribution in [2.24, 2.45) is 0 Å². The summed E-state index contributed by atoms with van der Waals surface area (Å²) in [6, 6.07) is 0. The van der Waals surface area contributed by atoms with Crippen LogP contribution in [0.2, 0.25) is 0 Å². The van der Waals surface area contributed by atoms with Crippen LogP contribution in [0.1, 0.15) is 0 Å². The third-order valence-corrected chi connectivity index (χ3v) is 4.71. The van der Waals surface area contributed by atoms with Crippen LogP contribution in [-0.2, 0) is 20.0 Å². The second-order valence-electron chi connectivity index (χ2n) is 2.82. The average Bonchev–Trinajstić information content (AvgIpc) is 1.95. The fourth-order valence-electron chi connectivity index (χ4n) is 0.747. The molecule has 9 heteroatoms. The first-order chi connectivity index (χ1) is 6.09. The number of aliphatic hydroxyl groups excluding tert-OH is 2. The van der Waals surface area contributed by atoms with E-state index in [1.54, 1.807) is 0 Å². The highest BCUT2D eigenvalue weighted by Gasteiger charge is 2.28. The molecule has 0 aromatic carbocycles. The molecule has 2 N–H and O–H groups in total. The van der Waals surface area contributed by atoms with E-state index in [0.717, 1.165) is 0 Å². The molecule has 1 atom stereocenters. The van der Waals surface area contributed by atoms with Gasteiger partial charge in [0, 0.05) is 0 Å². The van der Waals surface area contributed by atoms with E-state index in [1.165, 1.54) is 0 Å². The Kier molecular flexibility index (Phi) is 4.46. The van der Waals surface area contributed by atoms with Crippen LogP contribution in [0.5, 0.6) is 0 Å². The van der Waals surface area contributed by atoms with Crippen molar-refractivity contribution >= 4 is 20.0 Å². The van der Waals surface area contributed by atoms with Crippen LogP contribution in [0.15, 0.2) is 0 Å². The van der Waals surface area contributed by atoms with Crippen LogP contribution in [0, 0.1) is 0 Å². The molecule has 0 fully saturated rings. The zero-order valence-electron chi connectivity index (χ0n) is 7.78. The van der Waals surface area contributed by atoms with Crippen LogP contribution >= 0.6 is 0 Å². The van der Waals surface area contributed by atoms with E-state index >= 15 is 0 Å². The van der Waals surface area contributed by atoms with Crippen LogP contribution in [0.4, 0.5) is 0 Å². The molecule has 0 saturated heterocycles. The smallest absolute Gasteiger partial charge is 0.224 e. The van der Waals surface area contributed by atoms with Gasteiger partial charge in [0.05, 0.1) is 31.8 Å². The van der Waals surface area contributed by atoms with Gasteiger partial charge in [-0.3, -0.25) is 0 Å². The van der Waals surface area contributed by atoms with E-state index < -0.39 is 39.3 Å². The Morgan fingerprint density at radius 2 is 1.50 bits per heavy atom. The van der Waals surface area contributed by atoms with Crippen LogP contribution in [0.25, 0.3) is 0 Å². The molecule has 14 heavy (non-hydrogen) atoms. The first kappa shape index (κ1) is 13.8. The summed E-state index contributed by atoms with van der Waals surface area (Å²) in [6.45, 7) is -1.38. The second-order valence-corrected chi connectivity index (χ2v) is 6.86. The number of rotatable bonds is 5. The van der Waals surface area contributed by atoms with Gasteiger partial charge in [-0.1, -0.05) is 3.71 Å². The topological polar surface area (TPSA) is 112 Å². The molecular weight excluding hydrogens is 234 g/mol. The molecule has 0 bridgehead atoms. The minimum Gasteiger partial charge on any atom is -0.394 e. The Balaban J connectivity index is 4.98. The van der Waals surface area contributed by atoms with Gasteiger partial charge in [0.1, 0.15) is 0 Å². The third kappa shape index (κ3) is 4.33. The van der Waals surface area contributed by atoms with Crippen molar-refractivity contribution in [1.82, 2.24) is 3.71 Å². The molecule has 7 nitrogen and oxygen atoms in total. The molecule has 0 aromatic rings. The molecule has 0 aliphatic carbocycles. The number of nitrogens with zero attached hydrogens (tertiary/aromatic N) is 1. The summed E-state index contributed by atoms with van der Waals surface area (Å²) in [7, 11) is -7.91. The largest absolute Gasteiger partial charge is 0.394 e. The van der Waals surface area contributed by atoms with E-state index in [2.05, 4.69) is 0 Å². The molecule has 0 amide bonds. The van der Waals surface area contributed by atoms with Crippen LogP contribution in [-0.4, -0.2) is 62.5 Å². The maximum Gasteiger partial charge on any atom is 0.224 e. The van der Waals surface area contributed by atoms with Crippen molar-refractivity contribution in [3.05, 3.63) is 0 Å². The molecule has 1 unspecified atom stereocenters. The number of hydrogen-bond acceptors (Lipinski definition) is 6. The van der Waals surface area contributed by atoms with E-state index in [4.69, 9.17) is 10.2 Å². The van der Waals surface area contributed by atoms with Gasteiger partial charge in [-0.25, -0.2) is 16.8 Å². The van der Waals surface area contributed by atoms with E-state index in [0.29, 0.717) is 12.5 Å². The average molecular weight is 247 g/mol. The van der Waals surface area contributed by atoms with Gasteiger partial charge in [0.25, 0.3) is 0 Å². The molecule has 0 heterocycles. The van der Waals surface area contributed by atoms with Gasteiger partial charge in [-0.2, -0.15) is 0 Å². The van der Waals surface area contributed by atoms with E-state index in [-0.39, 0.29) is 3.71 Å². The molecule has 0 aromatic heterocycles. The Morgan fingerprint density at radius 3 is 1.71 bits per heavy atom. The first-order valence-electron chi connectivity index (χ1n) is 3.56. The minimum absolute atomic E-state index is 0.140. The van der Waals surface area contributed by atoms with Gasteiger partial charge in [-0.05, 0) is 0 Å². The highest BCUT2D eigenvalue weighted by Crippen LogP contribution is 2.05. The lowest BCUT2D eigenvalue weighted by Gasteiger charge is -2.19. The van der Waals surface area contributed by atoms with Crippen molar-refractivity contribution < 1.29 is 27.0 Å². The Labute approximate surface area is 83.1 Å². The summed E-state index contributed by atoms with van der Waals surface area (Å²) < 4.78 is 44.1.